The summed E-state index contributed by atoms with van der Waals surface area (Å²) in [5.74, 6) is 0.899. The second kappa shape index (κ2) is 4.47. The van der Waals surface area contributed by atoms with E-state index < -0.39 is 5.60 Å². The van der Waals surface area contributed by atoms with Crippen LogP contribution in [0.3, 0.4) is 0 Å². The van der Waals surface area contributed by atoms with E-state index in [1.807, 2.05) is 0 Å². The molecule has 2 N–H and O–H groups in total. The first-order valence-electron chi connectivity index (χ1n) is 5.80. The second-order valence-corrected chi connectivity index (χ2v) is 4.53. The number of aliphatic hydroxyl groups is 1. The molecule has 1 aliphatic rings. The van der Waals surface area contributed by atoms with Gasteiger partial charge in [0, 0.05) is 18.9 Å². The molecule has 0 radical (unpaired) electrons. The Hall–Kier alpha value is -1.01. The van der Waals surface area contributed by atoms with Gasteiger partial charge < -0.3 is 10.4 Å². The second-order valence-electron chi connectivity index (χ2n) is 4.53. The number of aromatic nitrogens is 4. The van der Waals surface area contributed by atoms with Crippen LogP contribution >= 0.6 is 0 Å². The highest BCUT2D eigenvalue weighted by molar-refractivity contribution is 4.98. The first kappa shape index (κ1) is 11.5. The smallest absolute Gasteiger partial charge is 0.177 e. The molecule has 0 aliphatic carbocycles. The summed E-state index contributed by atoms with van der Waals surface area (Å²) in [5.41, 5.74) is -0.678. The van der Waals surface area contributed by atoms with Gasteiger partial charge in [0.25, 0.3) is 0 Å². The van der Waals surface area contributed by atoms with Crippen molar-refractivity contribution in [1.82, 2.24) is 25.5 Å². The van der Waals surface area contributed by atoms with E-state index in [4.69, 9.17) is 0 Å². The molecule has 0 spiro atoms. The number of hydrogen-bond donors (Lipinski definition) is 2. The van der Waals surface area contributed by atoms with Gasteiger partial charge in [-0.15, -0.1) is 10.2 Å². The lowest BCUT2D eigenvalue weighted by atomic mass is 9.78. The summed E-state index contributed by atoms with van der Waals surface area (Å²) in [6.45, 7) is 3.83. The summed E-state index contributed by atoms with van der Waals surface area (Å²) < 4.78 is 0. The molecule has 6 heteroatoms. The fourth-order valence-electron chi connectivity index (χ4n) is 2.40. The third kappa shape index (κ3) is 2.22. The maximum Gasteiger partial charge on any atom is 0.177 e. The molecule has 6 nitrogen and oxygen atoms in total. The molecule has 1 aromatic rings. The zero-order valence-electron chi connectivity index (χ0n) is 9.85. The van der Waals surface area contributed by atoms with Crippen molar-refractivity contribution < 1.29 is 5.11 Å². The van der Waals surface area contributed by atoms with Crippen molar-refractivity contribution in [3.8, 4) is 0 Å². The molecule has 90 valence electrons. The van der Waals surface area contributed by atoms with Crippen molar-refractivity contribution in [2.75, 3.05) is 13.1 Å². The fraction of sp³-hybridized carbons (Fsp3) is 0.900. The predicted octanol–water partition coefficient (Wildman–Crippen LogP) is -0.497. The first-order valence-corrected chi connectivity index (χ1v) is 5.80. The van der Waals surface area contributed by atoms with Crippen LogP contribution in [0.4, 0.5) is 0 Å². The molecular weight excluding hydrogens is 206 g/mol. The van der Waals surface area contributed by atoms with E-state index in [1.54, 1.807) is 7.05 Å². The molecule has 2 atom stereocenters. The van der Waals surface area contributed by atoms with Gasteiger partial charge in [0.1, 0.15) is 0 Å². The minimum Gasteiger partial charge on any atom is -0.389 e. The quantitative estimate of drug-likeness (QED) is 0.725. The molecule has 1 aliphatic heterocycles. The van der Waals surface area contributed by atoms with Crippen molar-refractivity contribution in [3.63, 3.8) is 0 Å². The van der Waals surface area contributed by atoms with Crippen LogP contribution < -0.4 is 5.32 Å². The minimum absolute atomic E-state index is 0.269. The van der Waals surface area contributed by atoms with Gasteiger partial charge in [-0.3, -0.25) is 0 Å². The Bertz CT molecular complexity index is 353. The molecule has 0 saturated carbocycles. The summed E-state index contributed by atoms with van der Waals surface area (Å²) in [6, 6.07) is 0. The summed E-state index contributed by atoms with van der Waals surface area (Å²) in [6.07, 6.45) is 2.22. The largest absolute Gasteiger partial charge is 0.389 e. The average Bonchev–Trinajstić information content (AvgIpc) is 2.64. The zero-order chi connectivity index (χ0) is 11.6. The molecule has 2 heterocycles. The lowest BCUT2D eigenvalue weighted by Gasteiger charge is -2.39. The van der Waals surface area contributed by atoms with Gasteiger partial charge in [-0.2, -0.15) is 4.80 Å². The highest BCUT2D eigenvalue weighted by atomic mass is 16.3. The summed E-state index contributed by atoms with van der Waals surface area (Å²) in [5, 5.41) is 25.8. The van der Waals surface area contributed by atoms with Gasteiger partial charge in [-0.05, 0) is 24.6 Å². The molecule has 0 bridgehead atoms. The molecule has 0 amide bonds. The van der Waals surface area contributed by atoms with E-state index >= 15 is 0 Å². The molecule has 1 aromatic heterocycles. The monoisotopic (exact) mass is 225 g/mol. The maximum atomic E-state index is 10.6. The third-order valence-corrected chi connectivity index (χ3v) is 3.39. The van der Waals surface area contributed by atoms with Crippen LogP contribution in [-0.2, 0) is 13.5 Å². The SMILES string of the molecule is CCC1CNCCC1(O)Cc1nnn(C)n1. The average molecular weight is 225 g/mol. The number of tetrazole rings is 1. The number of piperidine rings is 1. The van der Waals surface area contributed by atoms with Crippen LogP contribution in [0.25, 0.3) is 0 Å². The van der Waals surface area contributed by atoms with Crippen LogP contribution in [0.2, 0.25) is 0 Å². The van der Waals surface area contributed by atoms with Crippen molar-refractivity contribution >= 4 is 0 Å². The number of aryl methyl sites for hydroxylation is 1. The summed E-state index contributed by atoms with van der Waals surface area (Å²) in [7, 11) is 1.74. The molecular formula is C10H19N5O. The molecule has 1 fully saturated rings. The van der Waals surface area contributed by atoms with Gasteiger partial charge in [-0.1, -0.05) is 6.92 Å². The Morgan fingerprint density at radius 3 is 3.06 bits per heavy atom. The molecule has 0 aromatic carbocycles. The highest BCUT2D eigenvalue weighted by Crippen LogP contribution is 2.29. The Balaban J connectivity index is 2.10. The van der Waals surface area contributed by atoms with E-state index in [1.165, 1.54) is 4.80 Å². The standard InChI is InChI=1S/C10H19N5O/c1-3-8-7-11-5-4-10(8,16)6-9-12-14-15(2)13-9/h8,11,16H,3-7H2,1-2H3. The number of nitrogens with one attached hydrogen (secondary N) is 1. The van der Waals surface area contributed by atoms with Crippen LogP contribution in [0, 0.1) is 5.92 Å². The molecule has 1 saturated heterocycles. The summed E-state index contributed by atoms with van der Waals surface area (Å²) >= 11 is 0. The fourth-order valence-corrected chi connectivity index (χ4v) is 2.40. The van der Waals surface area contributed by atoms with Crippen molar-refractivity contribution in [2.45, 2.75) is 31.8 Å². The Morgan fingerprint density at radius 1 is 1.62 bits per heavy atom. The Morgan fingerprint density at radius 2 is 2.44 bits per heavy atom. The number of nitrogens with zero attached hydrogens (tertiary/aromatic N) is 4. The van der Waals surface area contributed by atoms with Gasteiger partial charge in [-0.25, -0.2) is 0 Å². The van der Waals surface area contributed by atoms with Gasteiger partial charge in [0.15, 0.2) is 5.82 Å². The Kier molecular flexibility index (Phi) is 3.20. The van der Waals surface area contributed by atoms with Crippen molar-refractivity contribution in [1.29, 1.82) is 0 Å². The molecule has 2 rings (SSSR count). The zero-order valence-corrected chi connectivity index (χ0v) is 9.85. The lowest BCUT2D eigenvalue weighted by Crippen LogP contribution is -2.51. The third-order valence-electron chi connectivity index (χ3n) is 3.39. The molecule has 2 unspecified atom stereocenters. The van der Waals surface area contributed by atoms with Gasteiger partial charge in [0.05, 0.1) is 12.6 Å². The summed E-state index contributed by atoms with van der Waals surface area (Å²) in [4.78, 5) is 1.43. The lowest BCUT2D eigenvalue weighted by molar-refractivity contribution is -0.0429. The first-order chi connectivity index (χ1) is 7.64. The van der Waals surface area contributed by atoms with E-state index in [2.05, 4.69) is 27.7 Å². The Labute approximate surface area is 95.0 Å². The topological polar surface area (TPSA) is 75.9 Å². The predicted molar refractivity (Wildman–Crippen MR) is 58.7 cm³/mol. The van der Waals surface area contributed by atoms with Gasteiger partial charge >= 0.3 is 0 Å². The van der Waals surface area contributed by atoms with E-state index in [0.717, 1.165) is 25.9 Å². The van der Waals surface area contributed by atoms with Crippen LogP contribution in [0.5, 0.6) is 0 Å². The normalized spacial score (nSPS) is 30.6. The van der Waals surface area contributed by atoms with E-state index in [9.17, 15) is 5.11 Å². The van der Waals surface area contributed by atoms with Crippen LogP contribution in [0.1, 0.15) is 25.6 Å². The molecule has 16 heavy (non-hydrogen) atoms. The van der Waals surface area contributed by atoms with E-state index in [0.29, 0.717) is 12.2 Å². The van der Waals surface area contributed by atoms with Crippen molar-refractivity contribution in [3.05, 3.63) is 5.82 Å². The van der Waals surface area contributed by atoms with Gasteiger partial charge in [0.2, 0.25) is 0 Å². The number of hydrogen-bond acceptors (Lipinski definition) is 5. The van der Waals surface area contributed by atoms with E-state index in [-0.39, 0.29) is 5.92 Å². The number of rotatable bonds is 3. The maximum absolute atomic E-state index is 10.6. The van der Waals surface area contributed by atoms with Crippen molar-refractivity contribution in [2.24, 2.45) is 13.0 Å². The minimum atomic E-state index is -0.678. The van der Waals surface area contributed by atoms with Crippen LogP contribution in [-0.4, -0.2) is 44.0 Å². The van der Waals surface area contributed by atoms with Crippen LogP contribution in [0.15, 0.2) is 0 Å². The highest BCUT2D eigenvalue weighted by Gasteiger charge is 2.38.